The topological polar surface area (TPSA) is 19.6 Å². The number of para-hydroxylation sites is 1. The average molecular weight is 917 g/mol. The molecule has 0 atom stereocenters. The van der Waals surface area contributed by atoms with E-state index in [1.165, 1.54) is 71.4 Å². The largest absolute Gasteiger partial charge is 0.456 e. The van der Waals surface area contributed by atoms with Crippen molar-refractivity contribution in [3.63, 3.8) is 0 Å². The monoisotopic (exact) mass is 916 g/mol. The van der Waals surface area contributed by atoms with E-state index in [0.29, 0.717) is 0 Å². The zero-order chi connectivity index (χ0) is 48.7. The zero-order valence-electron chi connectivity index (χ0n) is 41.8. The summed E-state index contributed by atoms with van der Waals surface area (Å²) in [5.74, 6) is 0. The number of furan rings is 1. The van der Waals surface area contributed by atoms with Crippen molar-refractivity contribution in [2.24, 2.45) is 0 Å². The van der Waals surface area contributed by atoms with E-state index in [-0.39, 0.29) is 0 Å². The smallest absolute Gasteiger partial charge is 0.136 e. The van der Waals surface area contributed by atoms with Gasteiger partial charge in [0.25, 0.3) is 0 Å². The number of fused-ring (bicyclic) bond motifs is 13. The molecule has 0 saturated heterocycles. The summed E-state index contributed by atoms with van der Waals surface area (Å²) in [6, 6.07) is 72.6. The zero-order valence-corrected chi connectivity index (χ0v) is 41.8. The molecule has 0 fully saturated rings. The lowest BCUT2D eigenvalue weighted by molar-refractivity contribution is 0.669. The first-order valence-electron chi connectivity index (χ1n) is 24.8. The summed E-state index contributed by atoms with van der Waals surface area (Å²) in [6.07, 6.45) is 0. The van der Waals surface area contributed by atoms with Crippen LogP contribution in [0.15, 0.2) is 199 Å². The SMILES string of the molecule is Cc1ccc(N(c2ccc(C)c(C)c2)c2ccc3c4ccccc4c4ccc(N(c5ccc(C)c(C)c5)c5ccc(C)c(C)c5)cc4c4cc5oc6ccccc6c5cc4c4ccccc4c3c2)cc1C. The van der Waals surface area contributed by atoms with E-state index in [1.807, 2.05) is 0 Å². The molecule has 1 heterocycles. The minimum absolute atomic E-state index is 0.865. The highest BCUT2D eigenvalue weighted by Crippen LogP contribution is 2.45. The first kappa shape index (κ1) is 43.9. The van der Waals surface area contributed by atoms with Crippen LogP contribution in [0.25, 0.3) is 75.8 Å². The van der Waals surface area contributed by atoms with Crippen LogP contribution in [0.5, 0.6) is 0 Å². The van der Waals surface area contributed by atoms with E-state index < -0.39 is 0 Å². The lowest BCUT2D eigenvalue weighted by Crippen LogP contribution is -2.11. The molecule has 0 aliphatic rings. The Morgan fingerprint density at radius 3 is 0.915 bits per heavy atom. The van der Waals surface area contributed by atoms with Crippen LogP contribution in [0.4, 0.5) is 34.1 Å². The number of hydrogen-bond donors (Lipinski definition) is 0. The molecule has 3 nitrogen and oxygen atoms in total. The normalized spacial score (nSPS) is 11.7. The predicted molar refractivity (Wildman–Crippen MR) is 306 cm³/mol. The highest BCUT2D eigenvalue weighted by molar-refractivity contribution is 6.28. The average Bonchev–Trinajstić information content (AvgIpc) is 3.75. The van der Waals surface area contributed by atoms with Crippen LogP contribution in [0, 0.1) is 55.4 Å². The predicted octanol–water partition coefficient (Wildman–Crippen LogP) is 19.9. The molecule has 0 radical (unpaired) electrons. The second-order valence-electron chi connectivity index (χ2n) is 19.8. The van der Waals surface area contributed by atoms with Gasteiger partial charge in [0.05, 0.1) is 0 Å². The summed E-state index contributed by atoms with van der Waals surface area (Å²) in [5, 5.41) is 13.8. The maximum absolute atomic E-state index is 6.78. The number of benzene rings is 10. The lowest BCUT2D eigenvalue weighted by Gasteiger charge is -2.27. The highest BCUT2D eigenvalue weighted by atomic mass is 16.3. The molecule has 0 spiro atoms. The van der Waals surface area contributed by atoms with Crippen LogP contribution in [0.3, 0.4) is 0 Å². The molecular formula is C68H56N2O. The Morgan fingerprint density at radius 2 is 0.507 bits per heavy atom. The first-order chi connectivity index (χ1) is 34.5. The first-order valence-corrected chi connectivity index (χ1v) is 24.8. The maximum Gasteiger partial charge on any atom is 0.136 e. The van der Waals surface area contributed by atoms with Gasteiger partial charge in [-0.2, -0.15) is 0 Å². The third-order valence-corrected chi connectivity index (χ3v) is 15.3. The highest BCUT2D eigenvalue weighted by Gasteiger charge is 2.20. The van der Waals surface area contributed by atoms with Gasteiger partial charge in [0, 0.05) is 44.9 Å². The molecule has 71 heavy (non-hydrogen) atoms. The standard InChI is InChI=1S/C68H56N2O/c1-41-21-25-49(33-45(41)5)69(50-26-22-42(2)46(6)34-50)53-29-31-59-55-15-9-10-16-56(55)60-32-30-54(70(51-27-23-43(3)47(7)35-51)52-28-24-44(4)48(8)36-52)38-63(60)65-40-68-66(61-19-13-14-20-67(61)71-68)39-64(65)58-18-12-11-17-57(58)62(59)37-53/h9-40H,1-8H3. The van der Waals surface area contributed by atoms with Gasteiger partial charge in [0.1, 0.15) is 11.2 Å². The van der Waals surface area contributed by atoms with Crippen molar-refractivity contribution in [2.75, 3.05) is 9.80 Å². The molecule has 12 aromatic rings. The number of hydrogen-bond acceptors (Lipinski definition) is 3. The van der Waals surface area contributed by atoms with Gasteiger partial charge in [-0.25, -0.2) is 0 Å². The Morgan fingerprint density at radius 1 is 0.211 bits per heavy atom. The number of aryl methyl sites for hydroxylation is 8. The van der Waals surface area contributed by atoms with Crippen LogP contribution >= 0.6 is 0 Å². The summed E-state index contributed by atoms with van der Waals surface area (Å²) < 4.78 is 6.78. The van der Waals surface area contributed by atoms with Crippen molar-refractivity contribution >= 4 is 110 Å². The van der Waals surface area contributed by atoms with Crippen LogP contribution in [0.1, 0.15) is 44.5 Å². The summed E-state index contributed by atoms with van der Waals surface area (Å²) in [6.45, 7) is 17.6. The van der Waals surface area contributed by atoms with Crippen molar-refractivity contribution < 1.29 is 4.42 Å². The third-order valence-electron chi connectivity index (χ3n) is 15.3. The van der Waals surface area contributed by atoms with Crippen LogP contribution < -0.4 is 9.80 Å². The van der Waals surface area contributed by atoms with Gasteiger partial charge >= 0.3 is 0 Å². The van der Waals surface area contributed by atoms with E-state index in [9.17, 15) is 0 Å². The quantitative estimate of drug-likeness (QED) is 0.166. The fraction of sp³-hybridized carbons (Fsp3) is 0.118. The number of rotatable bonds is 6. The third kappa shape index (κ3) is 7.52. The van der Waals surface area contributed by atoms with E-state index in [4.69, 9.17) is 4.42 Å². The van der Waals surface area contributed by atoms with Gasteiger partial charge in [-0.15, -0.1) is 0 Å². The molecule has 0 bridgehead atoms. The Kier molecular flexibility index (Phi) is 10.6. The van der Waals surface area contributed by atoms with Crippen molar-refractivity contribution in [3.8, 4) is 0 Å². The second-order valence-corrected chi connectivity index (χ2v) is 19.8. The molecule has 12 rings (SSSR count). The fourth-order valence-electron chi connectivity index (χ4n) is 10.7. The molecule has 3 heteroatoms. The molecular weight excluding hydrogens is 861 g/mol. The van der Waals surface area contributed by atoms with E-state index >= 15 is 0 Å². The Balaban J connectivity index is 1.26. The fourth-order valence-corrected chi connectivity index (χ4v) is 10.7. The van der Waals surface area contributed by atoms with Gasteiger partial charge < -0.3 is 14.2 Å². The Hall–Kier alpha value is -8.40. The molecule has 0 amide bonds. The minimum Gasteiger partial charge on any atom is -0.456 e. The van der Waals surface area contributed by atoms with Gasteiger partial charge in [0.15, 0.2) is 0 Å². The van der Waals surface area contributed by atoms with E-state index in [1.54, 1.807) is 0 Å². The molecule has 0 aliphatic heterocycles. The van der Waals surface area contributed by atoms with Gasteiger partial charge in [-0.3, -0.25) is 0 Å². The van der Waals surface area contributed by atoms with Gasteiger partial charge in [0.2, 0.25) is 0 Å². The van der Waals surface area contributed by atoms with E-state index in [0.717, 1.165) is 83.0 Å². The van der Waals surface area contributed by atoms with Crippen LogP contribution in [-0.2, 0) is 0 Å². The summed E-state index contributed by atoms with van der Waals surface area (Å²) in [7, 11) is 0. The number of nitrogens with zero attached hydrogens (tertiary/aromatic N) is 2. The summed E-state index contributed by atoms with van der Waals surface area (Å²) >= 11 is 0. The molecule has 0 saturated carbocycles. The van der Waals surface area contributed by atoms with Crippen LogP contribution in [0.2, 0.25) is 0 Å². The molecule has 344 valence electrons. The van der Waals surface area contributed by atoms with Crippen LogP contribution in [-0.4, -0.2) is 0 Å². The molecule has 0 aliphatic carbocycles. The Bertz CT molecular complexity index is 4130. The molecule has 11 aromatic carbocycles. The molecule has 0 unspecified atom stereocenters. The minimum atomic E-state index is 0.865. The number of anilines is 6. The summed E-state index contributed by atoms with van der Waals surface area (Å²) in [5.41, 5.74) is 18.6. The molecule has 0 N–H and O–H groups in total. The Labute approximate surface area is 416 Å². The van der Waals surface area contributed by atoms with Crippen molar-refractivity contribution in [1.82, 2.24) is 0 Å². The maximum atomic E-state index is 6.78. The van der Waals surface area contributed by atoms with Crippen molar-refractivity contribution in [1.29, 1.82) is 0 Å². The van der Waals surface area contributed by atoms with Gasteiger partial charge in [-0.1, -0.05) is 103 Å². The second kappa shape index (κ2) is 17.2. The summed E-state index contributed by atoms with van der Waals surface area (Å²) in [4.78, 5) is 4.85. The lowest BCUT2D eigenvalue weighted by atomic mass is 9.93. The van der Waals surface area contributed by atoms with Crippen molar-refractivity contribution in [3.05, 3.63) is 239 Å². The van der Waals surface area contributed by atoms with Crippen molar-refractivity contribution in [2.45, 2.75) is 55.4 Å². The van der Waals surface area contributed by atoms with Gasteiger partial charge in [-0.05, 0) is 245 Å². The molecule has 1 aromatic heterocycles. The van der Waals surface area contributed by atoms with E-state index in [2.05, 4.69) is 259 Å².